The molecule has 3 heteroatoms. The van der Waals surface area contributed by atoms with Gasteiger partial charge < -0.3 is 10.0 Å². The molecule has 0 aliphatic rings. The highest BCUT2D eigenvalue weighted by Gasteiger charge is 2.09. The van der Waals surface area contributed by atoms with E-state index in [4.69, 9.17) is 0 Å². The summed E-state index contributed by atoms with van der Waals surface area (Å²) in [5.41, 5.74) is 1.46. The van der Waals surface area contributed by atoms with Gasteiger partial charge in [-0.25, -0.2) is 4.39 Å². The average molecular weight is 183 g/mol. The third-order valence-electron chi connectivity index (χ3n) is 1.92. The van der Waals surface area contributed by atoms with E-state index in [-0.39, 0.29) is 5.82 Å². The summed E-state index contributed by atoms with van der Waals surface area (Å²) >= 11 is 0. The molecule has 0 spiro atoms. The van der Waals surface area contributed by atoms with Crippen LogP contribution in [0.2, 0.25) is 0 Å². The first-order valence-corrected chi connectivity index (χ1v) is 4.17. The second-order valence-electron chi connectivity index (χ2n) is 3.27. The van der Waals surface area contributed by atoms with Gasteiger partial charge >= 0.3 is 0 Å². The van der Waals surface area contributed by atoms with Crippen LogP contribution in [0.25, 0.3) is 0 Å². The molecule has 2 nitrogen and oxygen atoms in total. The molecule has 0 amide bonds. The smallest absolute Gasteiger partial charge is 0.125 e. The first-order valence-electron chi connectivity index (χ1n) is 4.17. The van der Waals surface area contributed by atoms with E-state index >= 15 is 0 Å². The highest BCUT2D eigenvalue weighted by Crippen LogP contribution is 2.25. The SMILES string of the molecule is C[C@@H](O)c1ccc(F)cc1N(C)C. The molecule has 13 heavy (non-hydrogen) atoms. The number of rotatable bonds is 2. The minimum atomic E-state index is -0.571. The maximum Gasteiger partial charge on any atom is 0.125 e. The van der Waals surface area contributed by atoms with Crippen LogP contribution in [0.3, 0.4) is 0 Å². The number of nitrogens with zero attached hydrogens (tertiary/aromatic N) is 1. The zero-order chi connectivity index (χ0) is 10.0. The number of benzene rings is 1. The maximum atomic E-state index is 12.9. The van der Waals surface area contributed by atoms with Crippen LogP contribution in [0.1, 0.15) is 18.6 Å². The van der Waals surface area contributed by atoms with Gasteiger partial charge in [-0.3, -0.25) is 0 Å². The van der Waals surface area contributed by atoms with Gasteiger partial charge in [-0.15, -0.1) is 0 Å². The fourth-order valence-electron chi connectivity index (χ4n) is 1.26. The lowest BCUT2D eigenvalue weighted by atomic mass is 10.1. The van der Waals surface area contributed by atoms with Crippen molar-refractivity contribution in [2.45, 2.75) is 13.0 Å². The summed E-state index contributed by atoms with van der Waals surface area (Å²) in [5, 5.41) is 9.40. The van der Waals surface area contributed by atoms with Crippen molar-refractivity contribution in [3.63, 3.8) is 0 Å². The topological polar surface area (TPSA) is 23.5 Å². The van der Waals surface area contributed by atoms with E-state index in [1.165, 1.54) is 12.1 Å². The summed E-state index contributed by atoms with van der Waals surface area (Å²) < 4.78 is 12.9. The van der Waals surface area contributed by atoms with Gasteiger partial charge in [-0.2, -0.15) is 0 Å². The van der Waals surface area contributed by atoms with Crippen LogP contribution in [0, 0.1) is 5.82 Å². The van der Waals surface area contributed by atoms with Crippen LogP contribution in [0.15, 0.2) is 18.2 Å². The molecule has 0 aromatic heterocycles. The van der Waals surface area contributed by atoms with E-state index in [1.807, 2.05) is 14.1 Å². The van der Waals surface area contributed by atoms with Crippen LogP contribution in [0.4, 0.5) is 10.1 Å². The van der Waals surface area contributed by atoms with Crippen molar-refractivity contribution in [1.29, 1.82) is 0 Å². The van der Waals surface area contributed by atoms with Crippen molar-refractivity contribution in [3.05, 3.63) is 29.6 Å². The summed E-state index contributed by atoms with van der Waals surface area (Å²) in [5.74, 6) is -0.284. The summed E-state index contributed by atoms with van der Waals surface area (Å²) in [6.45, 7) is 1.67. The zero-order valence-corrected chi connectivity index (χ0v) is 8.08. The van der Waals surface area contributed by atoms with Crippen LogP contribution in [0.5, 0.6) is 0 Å². The van der Waals surface area contributed by atoms with Gasteiger partial charge in [0.2, 0.25) is 0 Å². The quantitative estimate of drug-likeness (QED) is 0.757. The summed E-state index contributed by atoms with van der Waals surface area (Å²) in [6.07, 6.45) is -0.571. The number of anilines is 1. The number of hydrogen-bond acceptors (Lipinski definition) is 2. The number of aliphatic hydroxyl groups excluding tert-OH is 1. The maximum absolute atomic E-state index is 12.9. The van der Waals surface area contributed by atoms with Gasteiger partial charge in [0.25, 0.3) is 0 Å². The monoisotopic (exact) mass is 183 g/mol. The van der Waals surface area contributed by atoms with Gasteiger partial charge in [0.05, 0.1) is 6.10 Å². The van der Waals surface area contributed by atoms with Gasteiger partial charge in [-0.1, -0.05) is 6.07 Å². The Morgan fingerprint density at radius 3 is 2.46 bits per heavy atom. The second kappa shape index (κ2) is 3.75. The standard InChI is InChI=1S/C10H14FNO/c1-7(13)9-5-4-8(11)6-10(9)12(2)3/h4-7,13H,1-3H3/t7-/m1/s1. The molecule has 1 N–H and O–H groups in total. The molecule has 1 aromatic carbocycles. The van der Waals surface area contributed by atoms with E-state index in [9.17, 15) is 9.50 Å². The van der Waals surface area contributed by atoms with Gasteiger partial charge in [0.15, 0.2) is 0 Å². The van der Waals surface area contributed by atoms with Crippen molar-refractivity contribution < 1.29 is 9.50 Å². The lowest BCUT2D eigenvalue weighted by molar-refractivity contribution is 0.199. The average Bonchev–Trinajstić information content (AvgIpc) is 2.03. The molecule has 0 saturated carbocycles. The first kappa shape index (κ1) is 9.99. The predicted octanol–water partition coefficient (Wildman–Crippen LogP) is 1.94. The molecule has 1 rings (SSSR count). The number of aliphatic hydroxyl groups is 1. The minimum Gasteiger partial charge on any atom is -0.389 e. The molecule has 0 heterocycles. The molecule has 0 saturated heterocycles. The van der Waals surface area contributed by atoms with Crippen molar-refractivity contribution in [2.24, 2.45) is 0 Å². The minimum absolute atomic E-state index is 0.284. The van der Waals surface area contributed by atoms with E-state index in [0.717, 1.165) is 11.3 Å². The summed E-state index contributed by atoms with van der Waals surface area (Å²) in [4.78, 5) is 1.78. The number of hydrogen-bond donors (Lipinski definition) is 1. The zero-order valence-electron chi connectivity index (χ0n) is 8.08. The van der Waals surface area contributed by atoms with Crippen molar-refractivity contribution >= 4 is 5.69 Å². The summed E-state index contributed by atoms with van der Waals surface area (Å²) in [7, 11) is 3.64. The van der Waals surface area contributed by atoms with Crippen molar-refractivity contribution in [2.75, 3.05) is 19.0 Å². The Balaban J connectivity index is 3.19. The summed E-state index contributed by atoms with van der Waals surface area (Å²) in [6, 6.07) is 4.38. The third kappa shape index (κ3) is 2.18. The molecular formula is C10H14FNO. The van der Waals surface area contributed by atoms with Crippen LogP contribution in [-0.4, -0.2) is 19.2 Å². The molecule has 0 aliphatic heterocycles. The Morgan fingerprint density at radius 2 is 2.00 bits per heavy atom. The number of halogens is 1. The molecule has 1 atom stereocenters. The third-order valence-corrected chi connectivity index (χ3v) is 1.92. The first-order chi connectivity index (χ1) is 6.02. The Bertz CT molecular complexity index is 297. The van der Waals surface area contributed by atoms with Gasteiger partial charge in [0, 0.05) is 25.3 Å². The van der Waals surface area contributed by atoms with Crippen LogP contribution >= 0.6 is 0 Å². The molecular weight excluding hydrogens is 169 g/mol. The van der Waals surface area contributed by atoms with E-state index in [1.54, 1.807) is 17.9 Å². The fourth-order valence-corrected chi connectivity index (χ4v) is 1.26. The molecule has 0 bridgehead atoms. The molecule has 0 unspecified atom stereocenters. The normalized spacial score (nSPS) is 12.7. The highest BCUT2D eigenvalue weighted by atomic mass is 19.1. The fraction of sp³-hybridized carbons (Fsp3) is 0.400. The van der Waals surface area contributed by atoms with E-state index in [0.29, 0.717) is 0 Å². The van der Waals surface area contributed by atoms with Crippen molar-refractivity contribution in [3.8, 4) is 0 Å². The van der Waals surface area contributed by atoms with Gasteiger partial charge in [0.1, 0.15) is 5.82 Å². The molecule has 0 radical (unpaired) electrons. The molecule has 72 valence electrons. The second-order valence-corrected chi connectivity index (χ2v) is 3.27. The van der Waals surface area contributed by atoms with Crippen LogP contribution in [-0.2, 0) is 0 Å². The molecule has 1 aromatic rings. The Labute approximate surface area is 77.6 Å². The Hall–Kier alpha value is -1.09. The largest absolute Gasteiger partial charge is 0.389 e. The van der Waals surface area contributed by atoms with Crippen molar-refractivity contribution in [1.82, 2.24) is 0 Å². The van der Waals surface area contributed by atoms with Gasteiger partial charge in [-0.05, 0) is 19.1 Å². The van der Waals surface area contributed by atoms with E-state index < -0.39 is 6.10 Å². The molecule has 0 fully saturated rings. The van der Waals surface area contributed by atoms with Crippen LogP contribution < -0.4 is 4.90 Å². The molecule has 0 aliphatic carbocycles. The predicted molar refractivity (Wildman–Crippen MR) is 51.4 cm³/mol. The Morgan fingerprint density at radius 1 is 1.38 bits per heavy atom. The highest BCUT2D eigenvalue weighted by molar-refractivity contribution is 5.53. The lowest BCUT2D eigenvalue weighted by Gasteiger charge is -2.18. The van der Waals surface area contributed by atoms with E-state index in [2.05, 4.69) is 0 Å². The lowest BCUT2D eigenvalue weighted by Crippen LogP contribution is -2.12. The Kier molecular flexibility index (Phi) is 2.88.